The number of benzene rings is 4. The van der Waals surface area contributed by atoms with E-state index in [4.69, 9.17) is 23.9 Å². The van der Waals surface area contributed by atoms with Crippen LogP contribution in [0.15, 0.2) is 89.7 Å². The van der Waals surface area contributed by atoms with E-state index in [0.717, 1.165) is 46.9 Å². The molecule has 70 heavy (non-hydrogen) atoms. The van der Waals surface area contributed by atoms with Crippen LogP contribution in [0.2, 0.25) is 0 Å². The summed E-state index contributed by atoms with van der Waals surface area (Å²) in [5, 5.41) is 35.1. The molecule has 7 heterocycles. The molecule has 0 saturated carbocycles. The third kappa shape index (κ3) is 9.95. The summed E-state index contributed by atoms with van der Waals surface area (Å²) in [6, 6.07) is 21.4. The van der Waals surface area contributed by atoms with Crippen molar-refractivity contribution in [3.05, 3.63) is 124 Å². The van der Waals surface area contributed by atoms with Crippen LogP contribution in [0.1, 0.15) is 49.9 Å². The van der Waals surface area contributed by atoms with Crippen molar-refractivity contribution in [2.45, 2.75) is 77.3 Å². The summed E-state index contributed by atoms with van der Waals surface area (Å²) in [5.41, 5.74) is 6.21. The van der Waals surface area contributed by atoms with Crippen LogP contribution in [-0.2, 0) is 59.1 Å². The summed E-state index contributed by atoms with van der Waals surface area (Å²) >= 11 is 3.49. The van der Waals surface area contributed by atoms with Crippen molar-refractivity contribution in [1.82, 2.24) is 30.0 Å². The molecule has 22 heteroatoms. The third-order valence-electron chi connectivity index (χ3n) is 13.2. The van der Waals surface area contributed by atoms with Gasteiger partial charge in [0.05, 0.1) is 61.3 Å². The number of aromatic nitrogens is 6. The lowest BCUT2D eigenvalue weighted by atomic mass is 9.78. The standard InChI is InChI=1S/C21H20FN5O3.C16H21BFNO5.C11H11BrN4/c1-25-23-8-20(24-25)26-9-14-3-2-13(6-15(14)10-26)18-5-4-16(7-19(18)22)27-11-17(12-28)30-21(27)29;1-15(2)16(3,4)24-17(23-15)12-6-5-10(7-13(12)18)19-8-11(9-20)22-14(19)21;1-15-13-5-11(14-15)16-6-8-2-3-10(12)4-9(8)7-16/h2-8,17,28H,9-12H2,1H3;5-7,11,20H,8-9H2,1-4H3;2-5H,6-7H2,1H3/t17-;;/m1../s1. The second kappa shape index (κ2) is 19.4. The van der Waals surface area contributed by atoms with Crippen LogP contribution < -0.4 is 25.1 Å². The smallest absolute Gasteiger partial charge is 0.441 e. The van der Waals surface area contributed by atoms with Crippen LogP contribution in [0, 0.1) is 11.6 Å². The van der Waals surface area contributed by atoms with E-state index in [1.165, 1.54) is 43.4 Å². The number of halogens is 3. The molecule has 2 atom stereocenters. The summed E-state index contributed by atoms with van der Waals surface area (Å²) in [7, 11) is 2.81. The topological polar surface area (TPSA) is 186 Å². The Hall–Kier alpha value is -6.46. The minimum absolute atomic E-state index is 0.185. The van der Waals surface area contributed by atoms with E-state index in [-0.39, 0.29) is 31.8 Å². The number of anilines is 4. The number of aliphatic hydroxyl groups excluding tert-OH is 2. The number of nitrogens with zero attached hydrogens (tertiary/aromatic N) is 10. The Bertz CT molecular complexity index is 2920. The van der Waals surface area contributed by atoms with E-state index in [1.807, 2.05) is 52.9 Å². The van der Waals surface area contributed by atoms with Gasteiger partial charge in [-0.25, -0.2) is 18.4 Å². The first-order valence-corrected chi connectivity index (χ1v) is 23.4. The van der Waals surface area contributed by atoms with Crippen molar-refractivity contribution >= 4 is 63.7 Å². The first kappa shape index (κ1) is 48.6. The number of aliphatic hydroxyl groups is 2. The van der Waals surface area contributed by atoms with Crippen LogP contribution in [0.3, 0.4) is 0 Å². The highest BCUT2D eigenvalue weighted by Crippen LogP contribution is 2.38. The number of cyclic esters (lactones) is 2. The average molecular weight is 1030 g/mol. The molecule has 3 fully saturated rings. The van der Waals surface area contributed by atoms with E-state index in [9.17, 15) is 23.5 Å². The van der Waals surface area contributed by atoms with Gasteiger partial charge in [0.2, 0.25) is 0 Å². The Labute approximate surface area is 411 Å². The molecule has 0 radical (unpaired) electrons. The van der Waals surface area contributed by atoms with Crippen LogP contribution in [-0.4, -0.2) is 109 Å². The van der Waals surface area contributed by atoms with E-state index >= 15 is 0 Å². The molecular weight excluding hydrogens is 973 g/mol. The van der Waals surface area contributed by atoms with Crippen molar-refractivity contribution < 1.29 is 47.4 Å². The van der Waals surface area contributed by atoms with Crippen LogP contribution in [0.5, 0.6) is 0 Å². The lowest BCUT2D eigenvalue weighted by Gasteiger charge is -2.32. The fraction of sp³-hybridized carbons (Fsp3) is 0.375. The van der Waals surface area contributed by atoms with Gasteiger partial charge < -0.3 is 38.8 Å². The molecule has 2 N–H and O–H groups in total. The number of carbonyl (C=O) groups excluding carboxylic acids is 2. The largest absolute Gasteiger partial charge is 0.497 e. The molecule has 1 unspecified atom stereocenters. The van der Waals surface area contributed by atoms with Gasteiger partial charge in [0.15, 0.2) is 11.6 Å². The summed E-state index contributed by atoms with van der Waals surface area (Å²) < 4.78 is 52.3. The quantitative estimate of drug-likeness (QED) is 0.169. The van der Waals surface area contributed by atoms with E-state index in [1.54, 1.807) is 48.5 Å². The van der Waals surface area contributed by atoms with Gasteiger partial charge in [-0.05, 0) is 104 Å². The fourth-order valence-electron chi connectivity index (χ4n) is 8.62. The minimum atomic E-state index is -0.806. The number of aryl methyl sites for hydroxylation is 2. The highest BCUT2D eigenvalue weighted by Gasteiger charge is 2.52. The maximum Gasteiger partial charge on any atom is 0.497 e. The molecule has 366 valence electrons. The van der Waals surface area contributed by atoms with Gasteiger partial charge in [-0.1, -0.05) is 40.2 Å². The zero-order valence-electron chi connectivity index (χ0n) is 39.4. The Balaban J connectivity index is 0.000000136. The monoisotopic (exact) mass is 1020 g/mol. The van der Waals surface area contributed by atoms with Crippen molar-refractivity contribution in [2.75, 3.05) is 45.9 Å². The summed E-state index contributed by atoms with van der Waals surface area (Å²) in [5.74, 6) is 0.807. The third-order valence-corrected chi connectivity index (χ3v) is 13.7. The highest BCUT2D eigenvalue weighted by molar-refractivity contribution is 9.10. The number of ether oxygens (including phenoxy) is 2. The number of carbonyl (C=O) groups is 2. The lowest BCUT2D eigenvalue weighted by Crippen LogP contribution is -2.41. The van der Waals surface area contributed by atoms with E-state index in [0.29, 0.717) is 23.5 Å². The first-order chi connectivity index (χ1) is 33.4. The van der Waals surface area contributed by atoms with Crippen molar-refractivity contribution in [1.29, 1.82) is 0 Å². The minimum Gasteiger partial charge on any atom is -0.441 e. The maximum absolute atomic E-state index is 14.9. The van der Waals surface area contributed by atoms with E-state index < -0.39 is 54.3 Å². The van der Waals surface area contributed by atoms with Gasteiger partial charge in [-0.3, -0.25) is 9.80 Å². The van der Waals surface area contributed by atoms with Gasteiger partial charge in [-0.15, -0.1) is 10.2 Å². The second-order valence-corrected chi connectivity index (χ2v) is 19.5. The second-order valence-electron chi connectivity index (χ2n) is 18.5. The zero-order chi connectivity index (χ0) is 49.6. The molecule has 4 aromatic carbocycles. The molecule has 0 spiro atoms. The molecule has 0 bridgehead atoms. The molecular formula is C48H52BBrF2N10O8. The number of hydrogen-bond acceptors (Lipinski definition) is 14. The van der Waals surface area contributed by atoms with Crippen molar-refractivity contribution in [2.24, 2.45) is 14.1 Å². The summed E-state index contributed by atoms with van der Waals surface area (Å²) in [6.45, 7) is 10.7. The van der Waals surface area contributed by atoms with Gasteiger partial charge in [-0.2, -0.15) is 19.8 Å². The van der Waals surface area contributed by atoms with Gasteiger partial charge in [0.25, 0.3) is 0 Å². The molecule has 6 aromatic rings. The highest BCUT2D eigenvalue weighted by atomic mass is 79.9. The predicted octanol–water partition coefficient (Wildman–Crippen LogP) is 6.00. The van der Waals surface area contributed by atoms with Crippen LogP contribution >= 0.6 is 15.9 Å². The molecule has 2 amide bonds. The zero-order valence-corrected chi connectivity index (χ0v) is 41.0. The SMILES string of the molecule is CC1(C)OB(c2ccc(N3CC(CO)OC3=O)cc2F)OC1(C)C.Cn1ncc(N2Cc3ccc(-c4ccc(N5C[C@H](CO)OC5=O)cc4F)cc3C2)n1.Cn1ncc(N2Cc3ccc(Br)cc3C2)n1. The van der Waals surface area contributed by atoms with Gasteiger partial charge in [0, 0.05) is 55.8 Å². The Morgan fingerprint density at radius 1 is 0.657 bits per heavy atom. The first-order valence-electron chi connectivity index (χ1n) is 22.6. The lowest BCUT2D eigenvalue weighted by molar-refractivity contribution is 0.00578. The average Bonchev–Trinajstić information content (AvgIpc) is 4.20. The molecule has 11 rings (SSSR count). The Kier molecular flexibility index (Phi) is 13.4. The number of rotatable bonds is 8. The number of fused-ring (bicyclic) bond motifs is 2. The van der Waals surface area contributed by atoms with Gasteiger partial charge in [0.1, 0.15) is 23.8 Å². The normalized spacial score (nSPS) is 19.7. The molecule has 2 aromatic heterocycles. The number of amides is 2. The van der Waals surface area contributed by atoms with E-state index in [2.05, 4.69) is 64.3 Å². The Morgan fingerprint density at radius 2 is 1.14 bits per heavy atom. The number of hydrogen-bond donors (Lipinski definition) is 2. The molecule has 5 aliphatic heterocycles. The molecule has 5 aliphatic rings. The van der Waals surface area contributed by atoms with Crippen LogP contribution in [0.25, 0.3) is 11.1 Å². The van der Waals surface area contributed by atoms with Crippen molar-refractivity contribution in [3.63, 3.8) is 0 Å². The Morgan fingerprint density at radius 3 is 1.61 bits per heavy atom. The fourth-order valence-corrected chi connectivity index (χ4v) is 9.02. The summed E-state index contributed by atoms with van der Waals surface area (Å²) in [4.78, 5) is 33.8. The van der Waals surface area contributed by atoms with Gasteiger partial charge >= 0.3 is 19.3 Å². The van der Waals surface area contributed by atoms with Crippen LogP contribution in [0.4, 0.5) is 41.4 Å². The molecule has 0 aliphatic carbocycles. The van der Waals surface area contributed by atoms with Crippen molar-refractivity contribution in [3.8, 4) is 11.1 Å². The molecule has 3 saturated heterocycles. The molecule has 18 nitrogen and oxygen atoms in total. The summed E-state index contributed by atoms with van der Waals surface area (Å²) in [6.07, 6.45) is 1.17. The maximum atomic E-state index is 14.9. The predicted molar refractivity (Wildman–Crippen MR) is 259 cm³/mol.